The van der Waals surface area contributed by atoms with Crippen LogP contribution in [0.25, 0.3) is 33.4 Å². The summed E-state index contributed by atoms with van der Waals surface area (Å²) in [6.45, 7) is 16.7. The average molecular weight is 898 g/mol. The fourth-order valence-corrected chi connectivity index (χ4v) is 8.54. The first kappa shape index (κ1) is 47.4. The molecule has 0 heterocycles. The highest BCUT2D eigenvalue weighted by Gasteiger charge is 2.16. The molecule has 8 rings (SSSR count). The maximum absolute atomic E-state index is 4.14. The molecule has 0 aliphatic carbocycles. The van der Waals surface area contributed by atoms with Gasteiger partial charge >= 0.3 is 0 Å². The summed E-state index contributed by atoms with van der Waals surface area (Å²) in [5.74, 6) is 0. The summed E-state index contributed by atoms with van der Waals surface area (Å²) >= 11 is 0. The highest BCUT2D eigenvalue weighted by Crippen LogP contribution is 2.38. The average Bonchev–Trinajstić information content (AvgIpc) is 3.38. The van der Waals surface area contributed by atoms with Crippen LogP contribution in [0, 0.1) is 20.8 Å². The molecule has 3 nitrogen and oxygen atoms in total. The van der Waals surface area contributed by atoms with Crippen LogP contribution in [0.4, 0.5) is 34.1 Å². The lowest BCUT2D eigenvalue weighted by atomic mass is 10.0. The molecule has 3 heteroatoms. The highest BCUT2D eigenvalue weighted by molar-refractivity contribution is 5.81. The maximum Gasteiger partial charge on any atom is 0.0462 e. The number of likely N-dealkylation sites (N-methyl/N-ethyl adjacent to an activating group) is 1. The Kier molecular flexibility index (Phi) is 15.2. The van der Waals surface area contributed by atoms with E-state index in [1.165, 1.54) is 38.9 Å². The molecule has 8 aromatic rings. The molecule has 0 unspecified atom stereocenters. The second-order valence-corrected chi connectivity index (χ2v) is 17.9. The number of anilines is 6. The number of aryl methyl sites for hydroxylation is 3. The van der Waals surface area contributed by atoms with Crippen LogP contribution in [0.3, 0.4) is 0 Å². The predicted molar refractivity (Wildman–Crippen MR) is 299 cm³/mol. The van der Waals surface area contributed by atoms with E-state index in [1.54, 1.807) is 0 Å². The standard InChI is InChI=1S/C66H63N3/c1-9-59(13-11-12-52-21-15-49(5)16-22-52)67(8)61-38-25-54(26-39-61)56-27-40-63(41-28-56)68(60(10-2)35-14-48(3)4)64-42-29-57(30-43-64)58-33-46-66(47-34-58)69(62-36-19-51(7)20-37-62)65-44-31-55(32-45-65)53-23-17-50(6)18-24-53/h9-11,13-47H,3,12H2,1-2,4-8H3/b13-11-,35-14-,59-9+,60-10+. The van der Waals surface area contributed by atoms with E-state index in [1.807, 2.05) is 6.92 Å². The molecule has 0 aliphatic heterocycles. The molecular weight excluding hydrogens is 835 g/mol. The Morgan fingerprint density at radius 3 is 1.09 bits per heavy atom. The third-order valence-electron chi connectivity index (χ3n) is 12.6. The van der Waals surface area contributed by atoms with Crippen molar-refractivity contribution in [1.82, 2.24) is 0 Å². The molecule has 0 radical (unpaired) electrons. The van der Waals surface area contributed by atoms with Crippen LogP contribution in [-0.2, 0) is 6.42 Å². The Balaban J connectivity index is 1.01. The molecule has 8 aromatic carbocycles. The van der Waals surface area contributed by atoms with Crippen LogP contribution in [0.15, 0.2) is 254 Å². The van der Waals surface area contributed by atoms with Crippen LogP contribution >= 0.6 is 0 Å². The third-order valence-corrected chi connectivity index (χ3v) is 12.6. The first-order valence-corrected chi connectivity index (χ1v) is 23.9. The Labute approximate surface area is 411 Å². The molecule has 0 aliphatic rings. The lowest BCUT2D eigenvalue weighted by Crippen LogP contribution is -2.15. The number of benzene rings is 8. The summed E-state index contributed by atoms with van der Waals surface area (Å²) in [7, 11) is 2.13. The minimum Gasteiger partial charge on any atom is -0.345 e. The number of allylic oxidation sites excluding steroid dienone is 7. The van der Waals surface area contributed by atoms with E-state index in [0.717, 1.165) is 74.2 Å². The molecular formula is C66H63N3. The van der Waals surface area contributed by atoms with Crippen molar-refractivity contribution in [3.63, 3.8) is 0 Å². The van der Waals surface area contributed by atoms with Gasteiger partial charge in [0.2, 0.25) is 0 Å². The predicted octanol–water partition coefficient (Wildman–Crippen LogP) is 18.4. The highest BCUT2D eigenvalue weighted by atomic mass is 15.1. The van der Waals surface area contributed by atoms with Crippen LogP contribution in [0.2, 0.25) is 0 Å². The van der Waals surface area contributed by atoms with E-state index in [4.69, 9.17) is 0 Å². The van der Waals surface area contributed by atoms with Crippen molar-refractivity contribution >= 4 is 34.1 Å². The third kappa shape index (κ3) is 11.7. The summed E-state index contributed by atoms with van der Waals surface area (Å²) in [5.41, 5.74) is 22.0. The fourth-order valence-electron chi connectivity index (χ4n) is 8.54. The summed E-state index contributed by atoms with van der Waals surface area (Å²) in [4.78, 5) is 6.87. The molecule has 69 heavy (non-hydrogen) atoms. The number of rotatable bonds is 16. The minimum absolute atomic E-state index is 0.902. The fraction of sp³-hybridized carbons (Fsp3) is 0.121. The van der Waals surface area contributed by atoms with Gasteiger partial charge in [0, 0.05) is 52.6 Å². The van der Waals surface area contributed by atoms with Crippen molar-refractivity contribution in [3.05, 3.63) is 276 Å². The van der Waals surface area contributed by atoms with Gasteiger partial charge in [-0.1, -0.05) is 174 Å². The topological polar surface area (TPSA) is 9.72 Å². The number of nitrogens with zero attached hydrogens (tertiary/aromatic N) is 3. The largest absolute Gasteiger partial charge is 0.345 e. The second-order valence-electron chi connectivity index (χ2n) is 17.9. The Morgan fingerprint density at radius 1 is 0.391 bits per heavy atom. The SMILES string of the molecule is C=C(C)/C=C\C(=C/C)N(c1ccc(-c2ccc(N(C)C(/C=C\Cc3ccc(C)cc3)=C/C)cc2)cc1)c1ccc(-c2ccc(N(c3ccc(C)cc3)c3ccc(-c4ccc(C)cc4)cc3)cc2)cc1. The Hall–Kier alpha value is -8.14. The number of hydrogen-bond donors (Lipinski definition) is 0. The van der Waals surface area contributed by atoms with Gasteiger partial charge in [0.25, 0.3) is 0 Å². The lowest BCUT2D eigenvalue weighted by molar-refractivity contribution is 1.12. The van der Waals surface area contributed by atoms with Crippen molar-refractivity contribution in [2.45, 2.75) is 48.0 Å². The van der Waals surface area contributed by atoms with Gasteiger partial charge in [0.1, 0.15) is 0 Å². The normalized spacial score (nSPS) is 11.9. The van der Waals surface area contributed by atoms with Gasteiger partial charge in [-0.2, -0.15) is 0 Å². The van der Waals surface area contributed by atoms with Crippen LogP contribution in [0.1, 0.15) is 43.0 Å². The van der Waals surface area contributed by atoms with E-state index in [-0.39, 0.29) is 0 Å². The van der Waals surface area contributed by atoms with Gasteiger partial charge in [0.15, 0.2) is 0 Å². The van der Waals surface area contributed by atoms with E-state index < -0.39 is 0 Å². The smallest absolute Gasteiger partial charge is 0.0462 e. The molecule has 0 aromatic heterocycles. The van der Waals surface area contributed by atoms with Gasteiger partial charge in [-0.3, -0.25) is 0 Å². The van der Waals surface area contributed by atoms with Crippen molar-refractivity contribution in [2.75, 3.05) is 21.7 Å². The zero-order valence-electron chi connectivity index (χ0n) is 41.2. The molecule has 0 atom stereocenters. The summed E-state index contributed by atoms with van der Waals surface area (Å²) in [6, 6.07) is 70.6. The molecule has 0 bridgehead atoms. The van der Waals surface area contributed by atoms with E-state index in [9.17, 15) is 0 Å². The molecule has 0 saturated carbocycles. The molecule has 0 amide bonds. The molecule has 0 N–H and O–H groups in total. The van der Waals surface area contributed by atoms with Crippen molar-refractivity contribution in [2.24, 2.45) is 0 Å². The minimum atomic E-state index is 0.902. The molecule has 342 valence electrons. The zero-order valence-corrected chi connectivity index (χ0v) is 41.2. The monoisotopic (exact) mass is 898 g/mol. The van der Waals surface area contributed by atoms with E-state index >= 15 is 0 Å². The van der Waals surface area contributed by atoms with Gasteiger partial charge in [-0.25, -0.2) is 0 Å². The molecule has 0 fully saturated rings. The van der Waals surface area contributed by atoms with E-state index in [0.29, 0.717) is 0 Å². The maximum atomic E-state index is 4.14. The molecule has 0 spiro atoms. The second kappa shape index (κ2) is 22.1. The van der Waals surface area contributed by atoms with Gasteiger partial charge < -0.3 is 14.7 Å². The van der Waals surface area contributed by atoms with Crippen molar-refractivity contribution in [1.29, 1.82) is 0 Å². The van der Waals surface area contributed by atoms with Gasteiger partial charge in [-0.05, 0) is 172 Å². The summed E-state index contributed by atoms with van der Waals surface area (Å²) in [6.07, 6.45) is 13.9. The van der Waals surface area contributed by atoms with Crippen LogP contribution < -0.4 is 14.7 Å². The van der Waals surface area contributed by atoms with Crippen molar-refractivity contribution < 1.29 is 0 Å². The van der Waals surface area contributed by atoms with Crippen LogP contribution in [-0.4, -0.2) is 7.05 Å². The van der Waals surface area contributed by atoms with Crippen LogP contribution in [0.5, 0.6) is 0 Å². The Morgan fingerprint density at radius 2 is 0.710 bits per heavy atom. The van der Waals surface area contributed by atoms with E-state index in [2.05, 4.69) is 294 Å². The van der Waals surface area contributed by atoms with Gasteiger partial charge in [0.05, 0.1) is 0 Å². The van der Waals surface area contributed by atoms with Crippen molar-refractivity contribution in [3.8, 4) is 33.4 Å². The first-order valence-electron chi connectivity index (χ1n) is 23.9. The number of hydrogen-bond acceptors (Lipinski definition) is 3. The summed E-state index contributed by atoms with van der Waals surface area (Å²) in [5, 5.41) is 0. The van der Waals surface area contributed by atoms with Gasteiger partial charge in [-0.15, -0.1) is 0 Å². The Bertz CT molecular complexity index is 3080. The summed E-state index contributed by atoms with van der Waals surface area (Å²) < 4.78 is 0. The quantitative estimate of drug-likeness (QED) is 0.0895. The zero-order chi connectivity index (χ0) is 48.3. The molecule has 0 saturated heterocycles. The lowest BCUT2D eigenvalue weighted by Gasteiger charge is -2.27. The first-order chi connectivity index (χ1) is 33.6.